The minimum absolute atomic E-state index is 0.287. The average Bonchev–Trinajstić information content (AvgIpc) is 3.21. The number of ether oxygens (including phenoxy) is 1. The molecule has 0 aliphatic rings. The average molecular weight is 402 g/mol. The van der Waals surface area contributed by atoms with E-state index in [0.29, 0.717) is 17.0 Å². The fourth-order valence-corrected chi connectivity index (χ4v) is 3.18. The van der Waals surface area contributed by atoms with Crippen molar-refractivity contribution < 1.29 is 14.6 Å². The van der Waals surface area contributed by atoms with Crippen LogP contribution in [0.1, 0.15) is 29.8 Å². The normalized spacial score (nSPS) is 11.5. The van der Waals surface area contributed by atoms with Gasteiger partial charge in [0.2, 0.25) is 0 Å². The van der Waals surface area contributed by atoms with Crippen molar-refractivity contribution in [3.05, 3.63) is 78.0 Å². The monoisotopic (exact) mass is 402 g/mol. The molecular formula is C23H22N4O3. The van der Waals surface area contributed by atoms with Crippen molar-refractivity contribution in [3.63, 3.8) is 0 Å². The van der Waals surface area contributed by atoms with Gasteiger partial charge in [-0.05, 0) is 43.7 Å². The van der Waals surface area contributed by atoms with Crippen LogP contribution in [0.5, 0.6) is 5.75 Å². The summed E-state index contributed by atoms with van der Waals surface area (Å²) in [6.07, 6.45) is 1.66. The van der Waals surface area contributed by atoms with Crippen molar-refractivity contribution in [2.75, 3.05) is 12.4 Å². The number of amides is 1. The molecule has 0 fully saturated rings. The minimum atomic E-state index is -0.963. The van der Waals surface area contributed by atoms with Gasteiger partial charge in [0.05, 0.1) is 24.6 Å². The van der Waals surface area contributed by atoms with Crippen LogP contribution in [-0.2, 0) is 5.60 Å². The van der Waals surface area contributed by atoms with Crippen molar-refractivity contribution in [1.82, 2.24) is 14.6 Å². The number of methoxy groups -OCH3 is 1. The highest BCUT2D eigenvalue weighted by Crippen LogP contribution is 2.26. The van der Waals surface area contributed by atoms with E-state index in [9.17, 15) is 9.90 Å². The third-order valence-corrected chi connectivity index (χ3v) is 4.82. The van der Waals surface area contributed by atoms with Crippen molar-refractivity contribution >= 4 is 17.4 Å². The Labute approximate surface area is 174 Å². The highest BCUT2D eigenvalue weighted by molar-refractivity contribution is 6.04. The van der Waals surface area contributed by atoms with Crippen molar-refractivity contribution in [2.24, 2.45) is 0 Å². The molecule has 2 aromatic heterocycles. The summed E-state index contributed by atoms with van der Waals surface area (Å²) in [6, 6.07) is 18.0. The highest BCUT2D eigenvalue weighted by atomic mass is 16.5. The number of nitrogens with zero attached hydrogens (tertiary/aromatic N) is 3. The van der Waals surface area contributed by atoms with Gasteiger partial charge in [-0.2, -0.15) is 5.10 Å². The van der Waals surface area contributed by atoms with Gasteiger partial charge < -0.3 is 15.2 Å². The van der Waals surface area contributed by atoms with Crippen LogP contribution in [0.25, 0.3) is 16.9 Å². The number of fused-ring (bicyclic) bond motifs is 1. The predicted molar refractivity (Wildman–Crippen MR) is 115 cm³/mol. The maximum atomic E-state index is 12.7. The molecule has 0 bridgehead atoms. The number of hydrogen-bond donors (Lipinski definition) is 2. The zero-order valence-electron chi connectivity index (χ0n) is 17.0. The van der Waals surface area contributed by atoms with Gasteiger partial charge in [-0.3, -0.25) is 4.79 Å². The van der Waals surface area contributed by atoms with E-state index in [-0.39, 0.29) is 5.91 Å². The topological polar surface area (TPSA) is 88.8 Å². The summed E-state index contributed by atoms with van der Waals surface area (Å²) in [4.78, 5) is 17.2. The molecule has 2 N–H and O–H groups in total. The molecule has 2 heterocycles. The molecule has 0 atom stereocenters. The van der Waals surface area contributed by atoms with E-state index in [1.165, 1.54) is 0 Å². The van der Waals surface area contributed by atoms with Crippen LogP contribution < -0.4 is 10.1 Å². The standard InChI is InChI=1S/C23H22N4O3/c1-23(2,29)17-9-7-15(8-10-17)22(28)26-20-14-19(27-21(25-20)11-12-24-27)16-5-4-6-18(13-16)30-3/h4-14,29H,1-3H3,(H,25,26,28). The van der Waals surface area contributed by atoms with Gasteiger partial charge >= 0.3 is 0 Å². The second-order valence-corrected chi connectivity index (χ2v) is 7.45. The Balaban J connectivity index is 1.67. The lowest BCUT2D eigenvalue weighted by atomic mass is 9.97. The molecular weight excluding hydrogens is 380 g/mol. The molecule has 7 heteroatoms. The smallest absolute Gasteiger partial charge is 0.256 e. The summed E-state index contributed by atoms with van der Waals surface area (Å²) >= 11 is 0. The van der Waals surface area contributed by atoms with E-state index < -0.39 is 5.60 Å². The lowest BCUT2D eigenvalue weighted by Gasteiger charge is -2.17. The van der Waals surface area contributed by atoms with Crippen LogP contribution in [-0.4, -0.2) is 32.7 Å². The number of hydrogen-bond acceptors (Lipinski definition) is 5. The second kappa shape index (κ2) is 7.61. The number of aromatic nitrogens is 3. The van der Waals surface area contributed by atoms with E-state index in [0.717, 1.165) is 22.6 Å². The molecule has 152 valence electrons. The first kappa shape index (κ1) is 19.6. The van der Waals surface area contributed by atoms with Gasteiger partial charge in [-0.15, -0.1) is 0 Å². The Kier molecular flexibility index (Phi) is 4.97. The van der Waals surface area contributed by atoms with E-state index in [4.69, 9.17) is 4.74 Å². The third-order valence-electron chi connectivity index (χ3n) is 4.82. The van der Waals surface area contributed by atoms with Crippen LogP contribution in [0, 0.1) is 0 Å². The molecule has 2 aromatic carbocycles. The molecule has 1 amide bonds. The number of benzene rings is 2. The molecule has 0 spiro atoms. The molecule has 0 radical (unpaired) electrons. The van der Waals surface area contributed by atoms with Crippen LogP contribution in [0.15, 0.2) is 66.9 Å². The van der Waals surface area contributed by atoms with Gasteiger partial charge in [0.15, 0.2) is 5.65 Å². The summed E-state index contributed by atoms with van der Waals surface area (Å²) in [7, 11) is 1.62. The SMILES string of the molecule is COc1cccc(-c2cc(NC(=O)c3ccc(C(C)(C)O)cc3)nc3ccnn23)c1. The van der Waals surface area contributed by atoms with E-state index in [2.05, 4.69) is 15.4 Å². The van der Waals surface area contributed by atoms with Gasteiger partial charge in [-0.1, -0.05) is 24.3 Å². The van der Waals surface area contributed by atoms with Crippen molar-refractivity contribution in [3.8, 4) is 17.0 Å². The Morgan fingerprint density at radius 3 is 2.57 bits per heavy atom. The van der Waals surface area contributed by atoms with E-state index in [1.54, 1.807) is 68.1 Å². The number of rotatable bonds is 5. The highest BCUT2D eigenvalue weighted by Gasteiger charge is 2.17. The van der Waals surface area contributed by atoms with Gasteiger partial charge in [0.25, 0.3) is 5.91 Å². The Morgan fingerprint density at radius 2 is 1.87 bits per heavy atom. The van der Waals surface area contributed by atoms with E-state index >= 15 is 0 Å². The molecule has 0 saturated carbocycles. The summed E-state index contributed by atoms with van der Waals surface area (Å²) in [5.74, 6) is 0.852. The maximum Gasteiger partial charge on any atom is 0.256 e. The second-order valence-electron chi connectivity index (χ2n) is 7.45. The molecule has 0 aliphatic heterocycles. The lowest BCUT2D eigenvalue weighted by molar-refractivity contribution is 0.0785. The molecule has 4 aromatic rings. The minimum Gasteiger partial charge on any atom is -0.497 e. The summed E-state index contributed by atoms with van der Waals surface area (Å²) in [5.41, 5.74) is 2.52. The first-order valence-electron chi connectivity index (χ1n) is 9.48. The van der Waals surface area contributed by atoms with Crippen molar-refractivity contribution in [1.29, 1.82) is 0 Å². The van der Waals surface area contributed by atoms with Crippen LogP contribution in [0.3, 0.4) is 0 Å². The first-order valence-corrected chi connectivity index (χ1v) is 9.48. The fraction of sp³-hybridized carbons (Fsp3) is 0.174. The molecule has 0 aliphatic carbocycles. The molecule has 30 heavy (non-hydrogen) atoms. The van der Waals surface area contributed by atoms with Crippen molar-refractivity contribution in [2.45, 2.75) is 19.4 Å². The van der Waals surface area contributed by atoms with E-state index in [1.807, 2.05) is 24.3 Å². The number of anilines is 1. The fourth-order valence-electron chi connectivity index (χ4n) is 3.18. The molecule has 0 unspecified atom stereocenters. The Hall–Kier alpha value is -3.71. The summed E-state index contributed by atoms with van der Waals surface area (Å²) in [5, 5.41) is 17.3. The maximum absolute atomic E-state index is 12.7. The Morgan fingerprint density at radius 1 is 1.10 bits per heavy atom. The molecule has 0 saturated heterocycles. The number of carbonyl (C=O) groups is 1. The lowest BCUT2D eigenvalue weighted by Crippen LogP contribution is -2.17. The largest absolute Gasteiger partial charge is 0.497 e. The van der Waals surface area contributed by atoms with Crippen LogP contribution in [0.2, 0.25) is 0 Å². The van der Waals surface area contributed by atoms with Gasteiger partial charge in [-0.25, -0.2) is 9.50 Å². The zero-order valence-corrected chi connectivity index (χ0v) is 17.0. The van der Waals surface area contributed by atoms with Crippen LogP contribution >= 0.6 is 0 Å². The predicted octanol–water partition coefficient (Wildman–Crippen LogP) is 3.88. The molecule has 4 rings (SSSR count). The number of aliphatic hydroxyl groups is 1. The van der Waals surface area contributed by atoms with Gasteiger partial charge in [0, 0.05) is 23.3 Å². The number of nitrogens with one attached hydrogen (secondary N) is 1. The molecule has 7 nitrogen and oxygen atoms in total. The third kappa shape index (κ3) is 3.88. The van der Waals surface area contributed by atoms with Crippen LogP contribution in [0.4, 0.5) is 5.82 Å². The Bertz CT molecular complexity index is 1210. The van der Waals surface area contributed by atoms with Gasteiger partial charge in [0.1, 0.15) is 11.6 Å². The first-order chi connectivity index (χ1) is 14.3. The zero-order chi connectivity index (χ0) is 21.3. The summed E-state index contributed by atoms with van der Waals surface area (Å²) < 4.78 is 7.03. The quantitative estimate of drug-likeness (QED) is 0.529. The number of carbonyl (C=O) groups excluding carboxylic acids is 1. The summed E-state index contributed by atoms with van der Waals surface area (Å²) in [6.45, 7) is 3.40.